The second-order valence-electron chi connectivity index (χ2n) is 5.70. The van der Waals surface area contributed by atoms with Crippen LogP contribution in [0.4, 0.5) is 0 Å². The maximum atomic E-state index is 6.08. The van der Waals surface area contributed by atoms with Gasteiger partial charge in [-0.2, -0.15) is 0 Å². The van der Waals surface area contributed by atoms with Gasteiger partial charge in [-0.15, -0.1) is 0 Å². The van der Waals surface area contributed by atoms with Gasteiger partial charge in [0.05, 0.1) is 0 Å². The molecule has 0 aliphatic carbocycles. The molecule has 112 valence electrons. The average molecular weight is 294 g/mol. The number of fused-ring (bicyclic) bond motifs is 2. The molecule has 1 aliphatic heterocycles. The van der Waals surface area contributed by atoms with E-state index in [4.69, 9.17) is 13.9 Å². The Labute approximate surface area is 129 Å². The molecule has 0 bridgehead atoms. The van der Waals surface area contributed by atoms with Crippen LogP contribution < -0.4 is 9.47 Å². The summed E-state index contributed by atoms with van der Waals surface area (Å²) >= 11 is 0. The van der Waals surface area contributed by atoms with Crippen molar-refractivity contribution in [2.75, 3.05) is 6.79 Å². The molecule has 0 fully saturated rings. The molecule has 0 saturated heterocycles. The minimum atomic E-state index is 0.290. The van der Waals surface area contributed by atoms with E-state index in [0.29, 0.717) is 0 Å². The van der Waals surface area contributed by atoms with Gasteiger partial charge in [0.25, 0.3) is 0 Å². The van der Waals surface area contributed by atoms with Crippen LogP contribution in [0.5, 0.6) is 11.5 Å². The fourth-order valence-electron chi connectivity index (χ4n) is 3.03. The van der Waals surface area contributed by atoms with E-state index in [0.717, 1.165) is 41.2 Å². The summed E-state index contributed by atoms with van der Waals surface area (Å²) in [6.45, 7) is 4.60. The van der Waals surface area contributed by atoms with Gasteiger partial charge in [0, 0.05) is 16.5 Å². The van der Waals surface area contributed by atoms with Crippen molar-refractivity contribution in [3.05, 3.63) is 47.5 Å². The highest BCUT2D eigenvalue weighted by molar-refractivity contribution is 5.88. The zero-order chi connectivity index (χ0) is 15.1. The number of benzene rings is 2. The molecule has 0 saturated carbocycles. The second kappa shape index (κ2) is 5.09. The Hall–Kier alpha value is -2.42. The first kappa shape index (κ1) is 13.3. The molecule has 1 aliphatic rings. The van der Waals surface area contributed by atoms with Crippen molar-refractivity contribution in [3.8, 4) is 22.8 Å². The quantitative estimate of drug-likeness (QED) is 0.674. The van der Waals surface area contributed by atoms with Gasteiger partial charge < -0.3 is 13.9 Å². The van der Waals surface area contributed by atoms with Gasteiger partial charge in [-0.1, -0.05) is 19.4 Å². The van der Waals surface area contributed by atoms with Crippen LogP contribution in [0.25, 0.3) is 22.3 Å². The number of ether oxygens (including phenoxy) is 2. The lowest BCUT2D eigenvalue weighted by atomic mass is 10.0. The molecule has 0 N–H and O–H groups in total. The van der Waals surface area contributed by atoms with E-state index < -0.39 is 0 Å². The zero-order valence-corrected chi connectivity index (χ0v) is 12.8. The summed E-state index contributed by atoms with van der Waals surface area (Å²) in [5.74, 6) is 2.48. The van der Waals surface area contributed by atoms with Crippen LogP contribution in [0, 0.1) is 6.92 Å². The van der Waals surface area contributed by atoms with Gasteiger partial charge in [-0.25, -0.2) is 0 Å². The Morgan fingerprint density at radius 2 is 1.86 bits per heavy atom. The van der Waals surface area contributed by atoms with Crippen LogP contribution in [0.1, 0.15) is 24.5 Å². The van der Waals surface area contributed by atoms with Crippen LogP contribution >= 0.6 is 0 Å². The molecule has 3 nitrogen and oxygen atoms in total. The van der Waals surface area contributed by atoms with Crippen LogP contribution in [0.2, 0.25) is 0 Å². The maximum Gasteiger partial charge on any atom is 0.231 e. The van der Waals surface area contributed by atoms with Crippen molar-refractivity contribution >= 4 is 11.0 Å². The Bertz CT molecular complexity index is 845. The van der Waals surface area contributed by atoms with Crippen LogP contribution in [-0.4, -0.2) is 6.79 Å². The molecule has 22 heavy (non-hydrogen) atoms. The van der Waals surface area contributed by atoms with Crippen molar-refractivity contribution in [3.63, 3.8) is 0 Å². The van der Waals surface area contributed by atoms with E-state index in [2.05, 4.69) is 32.0 Å². The molecular formula is C19H18O3. The minimum Gasteiger partial charge on any atom is -0.456 e. The molecule has 3 aromatic rings. The molecule has 3 heteroatoms. The first-order valence-corrected chi connectivity index (χ1v) is 7.68. The third-order valence-electron chi connectivity index (χ3n) is 4.17. The summed E-state index contributed by atoms with van der Waals surface area (Å²) in [6.07, 6.45) is 2.25. The summed E-state index contributed by atoms with van der Waals surface area (Å²) in [7, 11) is 0. The Morgan fingerprint density at radius 1 is 1.00 bits per heavy atom. The van der Waals surface area contributed by atoms with E-state index in [-0.39, 0.29) is 6.79 Å². The monoisotopic (exact) mass is 294 g/mol. The molecule has 1 aromatic heterocycles. The van der Waals surface area contributed by atoms with Gasteiger partial charge >= 0.3 is 0 Å². The zero-order valence-electron chi connectivity index (χ0n) is 12.8. The molecule has 0 amide bonds. The van der Waals surface area contributed by atoms with E-state index in [1.807, 2.05) is 18.2 Å². The second-order valence-corrected chi connectivity index (χ2v) is 5.70. The van der Waals surface area contributed by atoms with E-state index in [9.17, 15) is 0 Å². The molecule has 0 radical (unpaired) electrons. The van der Waals surface area contributed by atoms with Gasteiger partial charge in [-0.05, 0) is 49.2 Å². The predicted molar refractivity (Wildman–Crippen MR) is 86.5 cm³/mol. The SMILES string of the molecule is CCCc1ccc2oc(-c3ccc4c(c3)OCO4)c(C)c2c1. The van der Waals surface area contributed by atoms with E-state index in [1.54, 1.807) is 0 Å². The summed E-state index contributed by atoms with van der Waals surface area (Å²) in [4.78, 5) is 0. The third kappa shape index (κ3) is 2.05. The van der Waals surface area contributed by atoms with Crippen molar-refractivity contribution in [2.45, 2.75) is 26.7 Å². The van der Waals surface area contributed by atoms with Crippen LogP contribution in [0.15, 0.2) is 40.8 Å². The first-order valence-electron chi connectivity index (χ1n) is 7.68. The van der Waals surface area contributed by atoms with E-state index >= 15 is 0 Å². The van der Waals surface area contributed by atoms with Crippen molar-refractivity contribution in [2.24, 2.45) is 0 Å². The molecule has 0 atom stereocenters. The van der Waals surface area contributed by atoms with Gasteiger partial charge in [0.1, 0.15) is 11.3 Å². The fraction of sp³-hybridized carbons (Fsp3) is 0.263. The van der Waals surface area contributed by atoms with Crippen LogP contribution in [-0.2, 0) is 6.42 Å². The predicted octanol–water partition coefficient (Wildman–Crippen LogP) is 5.09. The highest BCUT2D eigenvalue weighted by Gasteiger charge is 2.18. The van der Waals surface area contributed by atoms with Gasteiger partial charge in [0.2, 0.25) is 6.79 Å². The average Bonchev–Trinajstić information content (AvgIpc) is 3.12. The molecule has 2 heterocycles. The van der Waals surface area contributed by atoms with Crippen molar-refractivity contribution in [1.82, 2.24) is 0 Å². The highest BCUT2D eigenvalue weighted by Crippen LogP contribution is 2.39. The lowest BCUT2D eigenvalue weighted by molar-refractivity contribution is 0.174. The third-order valence-corrected chi connectivity index (χ3v) is 4.17. The topological polar surface area (TPSA) is 31.6 Å². The Morgan fingerprint density at radius 3 is 2.73 bits per heavy atom. The normalized spacial score (nSPS) is 13.0. The number of aryl methyl sites for hydroxylation is 2. The summed E-state index contributed by atoms with van der Waals surface area (Å²) < 4.78 is 16.9. The number of furan rings is 1. The number of hydrogen-bond acceptors (Lipinski definition) is 3. The van der Waals surface area contributed by atoms with E-state index in [1.165, 1.54) is 16.5 Å². The summed E-state index contributed by atoms with van der Waals surface area (Å²) in [6, 6.07) is 12.4. The standard InChI is InChI=1S/C19H18O3/c1-3-4-13-5-7-16-15(9-13)12(2)19(22-16)14-6-8-17-18(10-14)21-11-20-17/h5-10H,3-4,11H2,1-2H3. The van der Waals surface area contributed by atoms with Gasteiger partial charge in [-0.3, -0.25) is 0 Å². The molecule has 0 spiro atoms. The van der Waals surface area contributed by atoms with Gasteiger partial charge in [0.15, 0.2) is 11.5 Å². The lowest BCUT2D eigenvalue weighted by Crippen LogP contribution is -1.92. The molecule has 4 rings (SSSR count). The maximum absolute atomic E-state index is 6.08. The Kier molecular flexibility index (Phi) is 3.07. The molecular weight excluding hydrogens is 276 g/mol. The summed E-state index contributed by atoms with van der Waals surface area (Å²) in [5.41, 5.74) is 4.49. The number of rotatable bonds is 3. The smallest absolute Gasteiger partial charge is 0.231 e. The fourth-order valence-corrected chi connectivity index (χ4v) is 3.03. The lowest BCUT2D eigenvalue weighted by Gasteiger charge is -2.01. The first-order chi connectivity index (χ1) is 10.8. The number of hydrogen-bond donors (Lipinski definition) is 0. The Balaban J connectivity index is 1.83. The minimum absolute atomic E-state index is 0.290. The summed E-state index contributed by atoms with van der Waals surface area (Å²) in [5, 5.41) is 1.19. The van der Waals surface area contributed by atoms with Crippen LogP contribution in [0.3, 0.4) is 0 Å². The highest BCUT2D eigenvalue weighted by atomic mass is 16.7. The largest absolute Gasteiger partial charge is 0.456 e. The van der Waals surface area contributed by atoms with Crippen molar-refractivity contribution in [1.29, 1.82) is 0 Å². The molecule has 2 aromatic carbocycles. The molecule has 0 unspecified atom stereocenters. The van der Waals surface area contributed by atoms with Crippen molar-refractivity contribution < 1.29 is 13.9 Å².